The second-order valence-electron chi connectivity index (χ2n) is 2.62. The SMILES string of the molecule is CCOc1cc([N+](=O)[O-])ccc1NC. The van der Waals surface area contributed by atoms with Gasteiger partial charge in [0.05, 0.1) is 23.3 Å². The molecule has 1 N–H and O–H groups in total. The molecule has 5 heteroatoms. The van der Waals surface area contributed by atoms with Crippen LogP contribution >= 0.6 is 0 Å². The maximum atomic E-state index is 10.5. The normalized spacial score (nSPS) is 9.57. The Labute approximate surface area is 81.8 Å². The van der Waals surface area contributed by atoms with Gasteiger partial charge in [-0.15, -0.1) is 0 Å². The molecule has 1 rings (SSSR count). The molecule has 0 bridgehead atoms. The molecule has 0 atom stereocenters. The van der Waals surface area contributed by atoms with Gasteiger partial charge < -0.3 is 10.1 Å². The molecule has 0 radical (unpaired) electrons. The number of nitrogens with zero attached hydrogens (tertiary/aromatic N) is 1. The van der Waals surface area contributed by atoms with Crippen LogP contribution in [0, 0.1) is 10.1 Å². The molecule has 0 spiro atoms. The van der Waals surface area contributed by atoms with Gasteiger partial charge in [-0.3, -0.25) is 10.1 Å². The van der Waals surface area contributed by atoms with E-state index in [0.717, 1.165) is 5.69 Å². The molecule has 0 amide bonds. The van der Waals surface area contributed by atoms with E-state index in [4.69, 9.17) is 4.74 Å². The van der Waals surface area contributed by atoms with Crippen LogP contribution in [0.5, 0.6) is 5.75 Å². The van der Waals surface area contributed by atoms with Gasteiger partial charge in [-0.05, 0) is 13.0 Å². The van der Waals surface area contributed by atoms with E-state index in [-0.39, 0.29) is 5.69 Å². The van der Waals surface area contributed by atoms with Crippen molar-refractivity contribution in [1.29, 1.82) is 0 Å². The lowest BCUT2D eigenvalue weighted by Crippen LogP contribution is -1.98. The number of nitro benzene ring substituents is 1. The highest BCUT2D eigenvalue weighted by molar-refractivity contribution is 5.60. The highest BCUT2D eigenvalue weighted by Gasteiger charge is 2.10. The van der Waals surface area contributed by atoms with Crippen molar-refractivity contribution >= 4 is 11.4 Å². The van der Waals surface area contributed by atoms with Crippen LogP contribution in [0.1, 0.15) is 6.92 Å². The van der Waals surface area contributed by atoms with E-state index in [1.54, 1.807) is 13.1 Å². The van der Waals surface area contributed by atoms with Gasteiger partial charge in [0, 0.05) is 13.1 Å². The topological polar surface area (TPSA) is 64.4 Å². The van der Waals surface area contributed by atoms with Crippen LogP contribution in [-0.4, -0.2) is 18.6 Å². The Balaban J connectivity index is 3.07. The van der Waals surface area contributed by atoms with E-state index in [1.807, 2.05) is 6.92 Å². The third-order valence-corrected chi connectivity index (χ3v) is 1.75. The Morgan fingerprint density at radius 1 is 1.57 bits per heavy atom. The first-order valence-electron chi connectivity index (χ1n) is 4.28. The van der Waals surface area contributed by atoms with Gasteiger partial charge in [-0.1, -0.05) is 0 Å². The second-order valence-corrected chi connectivity index (χ2v) is 2.62. The van der Waals surface area contributed by atoms with E-state index in [9.17, 15) is 10.1 Å². The third kappa shape index (κ3) is 2.12. The largest absolute Gasteiger partial charge is 0.491 e. The first kappa shape index (κ1) is 10.3. The predicted octanol–water partition coefficient (Wildman–Crippen LogP) is 2.04. The number of hydrogen-bond donors (Lipinski definition) is 1. The quantitative estimate of drug-likeness (QED) is 0.591. The van der Waals surface area contributed by atoms with Gasteiger partial charge in [-0.2, -0.15) is 0 Å². The number of ether oxygens (including phenoxy) is 1. The van der Waals surface area contributed by atoms with Crippen LogP contribution in [0.25, 0.3) is 0 Å². The maximum absolute atomic E-state index is 10.5. The van der Waals surface area contributed by atoms with E-state index in [1.165, 1.54) is 12.1 Å². The minimum absolute atomic E-state index is 0.0347. The smallest absolute Gasteiger partial charge is 0.273 e. The predicted molar refractivity (Wildman–Crippen MR) is 53.8 cm³/mol. The van der Waals surface area contributed by atoms with Crippen molar-refractivity contribution in [2.75, 3.05) is 19.0 Å². The van der Waals surface area contributed by atoms with Crippen LogP contribution in [0.4, 0.5) is 11.4 Å². The average molecular weight is 196 g/mol. The van der Waals surface area contributed by atoms with Crippen molar-refractivity contribution < 1.29 is 9.66 Å². The lowest BCUT2D eigenvalue weighted by Gasteiger charge is -2.08. The molecule has 0 heterocycles. The highest BCUT2D eigenvalue weighted by Crippen LogP contribution is 2.28. The van der Waals surface area contributed by atoms with E-state index >= 15 is 0 Å². The number of rotatable bonds is 4. The fourth-order valence-electron chi connectivity index (χ4n) is 1.11. The molecule has 0 aliphatic carbocycles. The van der Waals surface area contributed by atoms with Gasteiger partial charge in [0.1, 0.15) is 5.75 Å². The van der Waals surface area contributed by atoms with Gasteiger partial charge in [-0.25, -0.2) is 0 Å². The van der Waals surface area contributed by atoms with Crippen molar-refractivity contribution in [3.63, 3.8) is 0 Å². The van der Waals surface area contributed by atoms with E-state index < -0.39 is 4.92 Å². The molecule has 0 saturated carbocycles. The summed E-state index contributed by atoms with van der Waals surface area (Å²) in [6.45, 7) is 2.31. The number of nitro groups is 1. The van der Waals surface area contributed by atoms with E-state index in [2.05, 4.69) is 5.32 Å². The van der Waals surface area contributed by atoms with E-state index in [0.29, 0.717) is 12.4 Å². The number of non-ortho nitro benzene ring substituents is 1. The standard InChI is InChI=1S/C9H12N2O3/c1-3-14-9-6-7(11(12)13)4-5-8(9)10-2/h4-6,10H,3H2,1-2H3. The van der Waals surface area contributed by atoms with Crippen LogP contribution in [0.2, 0.25) is 0 Å². The highest BCUT2D eigenvalue weighted by atomic mass is 16.6. The Morgan fingerprint density at radius 3 is 2.79 bits per heavy atom. The van der Waals surface area contributed by atoms with Crippen molar-refractivity contribution in [2.45, 2.75) is 6.92 Å². The summed E-state index contributed by atoms with van der Waals surface area (Å²) in [7, 11) is 1.74. The summed E-state index contributed by atoms with van der Waals surface area (Å²) in [6.07, 6.45) is 0. The second kappa shape index (κ2) is 4.45. The lowest BCUT2D eigenvalue weighted by molar-refractivity contribution is -0.384. The van der Waals surface area contributed by atoms with Gasteiger partial charge in [0.2, 0.25) is 0 Å². The van der Waals surface area contributed by atoms with Crippen molar-refractivity contribution in [3.8, 4) is 5.75 Å². The Kier molecular flexibility index (Phi) is 3.28. The van der Waals surface area contributed by atoms with Gasteiger partial charge in [0.25, 0.3) is 5.69 Å². The Bertz CT molecular complexity index is 339. The average Bonchev–Trinajstić information content (AvgIpc) is 2.18. The fraction of sp³-hybridized carbons (Fsp3) is 0.333. The van der Waals surface area contributed by atoms with Gasteiger partial charge in [0.15, 0.2) is 0 Å². The summed E-state index contributed by atoms with van der Waals surface area (Å²) in [5.74, 6) is 0.504. The zero-order valence-electron chi connectivity index (χ0n) is 8.11. The molecular formula is C9H12N2O3. The summed E-state index contributed by atoms with van der Waals surface area (Å²) in [6, 6.07) is 4.48. The number of benzene rings is 1. The summed E-state index contributed by atoms with van der Waals surface area (Å²) in [5, 5.41) is 13.4. The number of hydrogen-bond acceptors (Lipinski definition) is 4. The molecular weight excluding hydrogens is 184 g/mol. The summed E-state index contributed by atoms with van der Waals surface area (Å²) in [5.41, 5.74) is 0.782. The van der Waals surface area contributed by atoms with Crippen LogP contribution in [0.3, 0.4) is 0 Å². The Hall–Kier alpha value is -1.78. The molecule has 0 aliphatic heterocycles. The summed E-state index contributed by atoms with van der Waals surface area (Å²) >= 11 is 0. The van der Waals surface area contributed by atoms with Gasteiger partial charge >= 0.3 is 0 Å². The third-order valence-electron chi connectivity index (χ3n) is 1.75. The molecule has 0 aromatic heterocycles. The van der Waals surface area contributed by atoms with Crippen LogP contribution in [-0.2, 0) is 0 Å². The summed E-state index contributed by atoms with van der Waals surface area (Å²) in [4.78, 5) is 10.0. The van der Waals surface area contributed by atoms with Crippen LogP contribution < -0.4 is 10.1 Å². The zero-order chi connectivity index (χ0) is 10.6. The lowest BCUT2D eigenvalue weighted by atomic mass is 10.2. The van der Waals surface area contributed by atoms with Crippen LogP contribution in [0.15, 0.2) is 18.2 Å². The maximum Gasteiger partial charge on any atom is 0.273 e. The Morgan fingerprint density at radius 2 is 2.29 bits per heavy atom. The number of anilines is 1. The molecule has 5 nitrogen and oxygen atoms in total. The first-order valence-corrected chi connectivity index (χ1v) is 4.28. The molecule has 1 aromatic carbocycles. The van der Waals surface area contributed by atoms with Crippen molar-refractivity contribution in [2.24, 2.45) is 0 Å². The molecule has 0 unspecified atom stereocenters. The minimum Gasteiger partial charge on any atom is -0.491 e. The molecule has 0 fully saturated rings. The monoisotopic (exact) mass is 196 g/mol. The molecule has 1 aromatic rings. The zero-order valence-corrected chi connectivity index (χ0v) is 8.11. The molecule has 14 heavy (non-hydrogen) atoms. The number of nitrogens with one attached hydrogen (secondary N) is 1. The van der Waals surface area contributed by atoms with Crippen molar-refractivity contribution in [3.05, 3.63) is 28.3 Å². The molecule has 0 saturated heterocycles. The molecule has 76 valence electrons. The first-order chi connectivity index (χ1) is 6.69. The fourth-order valence-corrected chi connectivity index (χ4v) is 1.11. The summed E-state index contributed by atoms with van der Waals surface area (Å²) < 4.78 is 5.25. The van der Waals surface area contributed by atoms with Crippen molar-refractivity contribution in [1.82, 2.24) is 0 Å². The molecule has 0 aliphatic rings. The minimum atomic E-state index is -0.442.